The minimum atomic E-state index is 0. The van der Waals surface area contributed by atoms with Gasteiger partial charge in [0.15, 0.2) is 11.5 Å². The number of aliphatic hydroxyl groups excluding tert-OH is 2. The molecule has 0 spiro atoms. The first kappa shape index (κ1) is 41.2. The molecule has 0 saturated carbocycles. The smallest absolute Gasteiger partial charge is 0.657 e. The molecule has 2 N–H and O–H groups in total. The summed E-state index contributed by atoms with van der Waals surface area (Å²) in [5.41, 5.74) is 12.8. The summed E-state index contributed by atoms with van der Waals surface area (Å²) < 4.78 is 11.2. The van der Waals surface area contributed by atoms with Crippen LogP contribution in [0.3, 0.4) is 0 Å². The molecule has 0 saturated heterocycles. The molecule has 2 aliphatic rings. The Morgan fingerprint density at radius 2 is 1.04 bits per heavy atom. The molecule has 4 heterocycles. The van der Waals surface area contributed by atoms with E-state index < -0.39 is 0 Å². The van der Waals surface area contributed by atoms with E-state index in [2.05, 4.69) is 39.8 Å². The van der Waals surface area contributed by atoms with Crippen LogP contribution in [0.4, 0.5) is 0 Å². The number of aromatic nitrogens is 5. The van der Waals surface area contributed by atoms with Gasteiger partial charge in [0.2, 0.25) is 0 Å². The Kier molecular flexibility index (Phi) is 16.0. The van der Waals surface area contributed by atoms with Gasteiger partial charge in [-0.05, 0) is 74.7 Å². The van der Waals surface area contributed by atoms with Crippen LogP contribution in [0.5, 0.6) is 11.5 Å². The third-order valence-corrected chi connectivity index (χ3v) is 8.55. The maximum absolute atomic E-state index is 9.66. The summed E-state index contributed by atoms with van der Waals surface area (Å²) in [6.07, 6.45) is 7.84. The van der Waals surface area contributed by atoms with Gasteiger partial charge in [0, 0.05) is 25.3 Å². The Bertz CT molecular complexity index is 1730. The minimum absolute atomic E-state index is 0. The largest absolute Gasteiger partial charge is 3.00 e. The maximum atomic E-state index is 9.66. The predicted molar refractivity (Wildman–Crippen MR) is 192 cm³/mol. The number of fused-ring (bicyclic) bond motifs is 7. The number of methoxy groups -OCH3 is 2. The molecule has 10 heteroatoms. The molecule has 1 aromatic carbocycles. The minimum Gasteiger partial charge on any atom is -0.657 e. The van der Waals surface area contributed by atoms with Crippen molar-refractivity contribution >= 4 is 44.4 Å². The Morgan fingerprint density at radius 1 is 0.646 bits per heavy atom. The molecule has 0 unspecified atom stereocenters. The quantitative estimate of drug-likeness (QED) is 0.202. The van der Waals surface area contributed by atoms with E-state index >= 15 is 0 Å². The summed E-state index contributed by atoms with van der Waals surface area (Å²) in [6, 6.07) is 7.77. The van der Waals surface area contributed by atoms with Crippen molar-refractivity contribution in [2.75, 3.05) is 27.4 Å². The van der Waals surface area contributed by atoms with Gasteiger partial charge in [0.25, 0.3) is 0 Å². The number of hydrogen-bond donors (Lipinski definition) is 2. The first-order chi connectivity index (χ1) is 21.9. The zero-order valence-electron chi connectivity index (χ0n) is 29.4. The van der Waals surface area contributed by atoms with Crippen LogP contribution in [-0.2, 0) is 12.8 Å². The van der Waals surface area contributed by atoms with E-state index in [1.807, 2.05) is 0 Å². The normalized spacial score (nSPS) is 12.2. The molecular formula is C38H48GdN5O4. The average Bonchev–Trinajstić information content (AvgIpc) is 3.65. The van der Waals surface area contributed by atoms with Gasteiger partial charge < -0.3 is 39.5 Å². The second-order valence-electron chi connectivity index (χ2n) is 11.2. The van der Waals surface area contributed by atoms with Gasteiger partial charge >= 0.3 is 39.9 Å². The fourth-order valence-corrected chi connectivity index (χ4v) is 6.07. The topological polar surface area (TPSA) is 125 Å². The Labute approximate surface area is 317 Å². The van der Waals surface area contributed by atoms with E-state index in [9.17, 15) is 10.2 Å². The van der Waals surface area contributed by atoms with Crippen LogP contribution in [0.15, 0.2) is 36.7 Å². The molecule has 48 heavy (non-hydrogen) atoms. The van der Waals surface area contributed by atoms with Crippen LogP contribution in [0.2, 0.25) is 0 Å². The molecule has 0 fully saturated rings. The zero-order chi connectivity index (χ0) is 32.1. The molecular weight excluding hydrogens is 748 g/mol. The van der Waals surface area contributed by atoms with E-state index in [0.717, 1.165) is 68.9 Å². The van der Waals surface area contributed by atoms with E-state index in [0.29, 0.717) is 48.2 Å². The number of rotatable bonds is 10. The van der Waals surface area contributed by atoms with Gasteiger partial charge in [-0.2, -0.15) is 0 Å². The number of aliphatic hydroxyl groups is 2. The molecule has 0 atom stereocenters. The first-order valence-electron chi connectivity index (χ1n) is 15.6. The molecule has 2 aliphatic heterocycles. The summed E-state index contributed by atoms with van der Waals surface area (Å²) in [6.45, 7) is 8.61. The number of hydrogen-bond acceptors (Lipinski definition) is 8. The van der Waals surface area contributed by atoms with Crippen LogP contribution in [0, 0.1) is 54.8 Å². The van der Waals surface area contributed by atoms with Crippen LogP contribution in [0.1, 0.15) is 87.3 Å². The second-order valence-corrected chi connectivity index (χ2v) is 11.2. The van der Waals surface area contributed by atoms with Crippen molar-refractivity contribution in [3.05, 3.63) is 85.4 Å². The molecule has 0 amide bonds. The van der Waals surface area contributed by atoms with Crippen molar-refractivity contribution in [1.29, 1.82) is 0 Å². The molecule has 3 aromatic rings. The fraction of sp³-hybridized carbons (Fsp3) is 0.368. The van der Waals surface area contributed by atoms with Crippen LogP contribution < -0.4 is 14.5 Å². The van der Waals surface area contributed by atoms with Crippen molar-refractivity contribution in [3.8, 4) is 11.5 Å². The van der Waals surface area contributed by atoms with E-state index in [1.165, 1.54) is 11.1 Å². The van der Waals surface area contributed by atoms with Gasteiger partial charge in [-0.3, -0.25) is 9.97 Å². The summed E-state index contributed by atoms with van der Waals surface area (Å²) in [5.74, 6) is 1.09. The Balaban J connectivity index is 0.00000267. The number of ether oxygens (including phenoxy) is 2. The molecule has 2 aromatic heterocycles. The third kappa shape index (κ3) is 8.40. The number of benzene rings is 1. The number of nitrogens with zero attached hydrogens (tertiary/aromatic N) is 5. The SMILES string of the molecule is CCc1c(CC)c2cc3nc(cnc4cc(OC)c(OC)cc4ncc4nc(cc1[n-]2)C(CCCO)=C4C)C(C)=C3CCCO.[CH3-].[CH3-].[Gd+3]. The Morgan fingerprint density at radius 3 is 1.38 bits per heavy atom. The predicted octanol–water partition coefficient (Wildman–Crippen LogP) is 7.42. The fourth-order valence-electron chi connectivity index (χ4n) is 6.07. The van der Waals surface area contributed by atoms with E-state index in [1.54, 1.807) is 38.7 Å². The van der Waals surface area contributed by atoms with Gasteiger partial charge in [0.05, 0.1) is 60.4 Å². The summed E-state index contributed by atoms with van der Waals surface area (Å²) in [5, 5.41) is 19.3. The average molecular weight is 796 g/mol. The monoisotopic (exact) mass is 796 g/mol. The van der Waals surface area contributed by atoms with Gasteiger partial charge in [-0.15, -0.1) is 11.0 Å². The number of allylic oxidation sites excluding steroid dienone is 4. The third-order valence-electron chi connectivity index (χ3n) is 8.55. The molecule has 9 nitrogen and oxygen atoms in total. The second kappa shape index (κ2) is 18.7. The number of aryl methyl sites for hydroxylation is 2. The maximum Gasteiger partial charge on any atom is 3.00 e. The van der Waals surface area contributed by atoms with Crippen LogP contribution in [0.25, 0.3) is 44.4 Å². The van der Waals surface area contributed by atoms with Crippen molar-refractivity contribution < 1.29 is 59.6 Å². The van der Waals surface area contributed by atoms with E-state index in [-0.39, 0.29) is 68.0 Å². The van der Waals surface area contributed by atoms with Crippen molar-refractivity contribution in [3.63, 3.8) is 0 Å². The van der Waals surface area contributed by atoms with Gasteiger partial charge in [0.1, 0.15) is 0 Å². The first-order valence-corrected chi connectivity index (χ1v) is 15.6. The molecule has 6 bridgehead atoms. The van der Waals surface area contributed by atoms with Crippen LogP contribution >= 0.6 is 0 Å². The standard InChI is InChI=1S/C36H42N5O4.2CH3.Gd/c1-7-23-24(8-2)28-16-30-26(12-10-14-43)22(4)34(41-30)20-38-32-18-36(45-6)35(44-5)17-31(32)37-19-33-21(3)25(11-9-13-42)29(40-33)15-27(23)39-28;;;/h15-20,42-43H,7-14H2,1-6H3;2*1H3;/q3*-1;+3. The molecule has 257 valence electrons. The van der Waals surface area contributed by atoms with Crippen LogP contribution in [-0.4, -0.2) is 57.6 Å². The molecule has 1 radical (unpaired) electrons. The van der Waals surface area contributed by atoms with E-state index in [4.69, 9.17) is 34.4 Å². The molecule has 0 aliphatic carbocycles. The summed E-state index contributed by atoms with van der Waals surface area (Å²) in [7, 11) is 3.18. The van der Waals surface area contributed by atoms with Gasteiger partial charge in [-0.25, -0.2) is 9.97 Å². The summed E-state index contributed by atoms with van der Waals surface area (Å²) in [4.78, 5) is 24.9. The Hall–Kier alpha value is -3.02. The van der Waals surface area contributed by atoms with Crippen molar-refractivity contribution in [2.45, 2.75) is 66.2 Å². The van der Waals surface area contributed by atoms with Gasteiger partial charge in [-0.1, -0.05) is 37.1 Å². The van der Waals surface area contributed by atoms with Crippen molar-refractivity contribution in [2.24, 2.45) is 0 Å². The molecule has 5 rings (SSSR count). The van der Waals surface area contributed by atoms with Crippen molar-refractivity contribution in [1.82, 2.24) is 24.9 Å². The zero-order valence-corrected chi connectivity index (χ0v) is 31.7. The summed E-state index contributed by atoms with van der Waals surface area (Å²) >= 11 is 0.